The summed E-state index contributed by atoms with van der Waals surface area (Å²) >= 11 is 1.95. The summed E-state index contributed by atoms with van der Waals surface area (Å²) in [6, 6.07) is 9.32. The van der Waals surface area contributed by atoms with Gasteiger partial charge in [-0.25, -0.2) is 23.5 Å². The summed E-state index contributed by atoms with van der Waals surface area (Å²) in [6.07, 6.45) is -4.07. The fraction of sp³-hybridized carbons (Fsp3) is 0.174. The van der Waals surface area contributed by atoms with Crippen LogP contribution in [0.3, 0.4) is 0 Å². The Labute approximate surface area is 233 Å². The van der Waals surface area contributed by atoms with Gasteiger partial charge in [-0.2, -0.15) is 13.2 Å². The predicted molar refractivity (Wildman–Crippen MR) is 145 cm³/mol. The molecule has 3 heterocycles. The van der Waals surface area contributed by atoms with Gasteiger partial charge in [0.05, 0.1) is 32.2 Å². The second-order valence-electron chi connectivity index (χ2n) is 8.08. The maximum atomic E-state index is 13.7. The van der Waals surface area contributed by atoms with E-state index in [-0.39, 0.29) is 27.2 Å². The maximum absolute atomic E-state index is 13.7. The molecule has 0 fully saturated rings. The fourth-order valence-corrected chi connectivity index (χ4v) is 4.95. The Bertz CT molecular complexity index is 1690. The van der Waals surface area contributed by atoms with E-state index in [0.717, 1.165) is 24.2 Å². The fourth-order valence-electron chi connectivity index (χ4n) is 3.04. The molecule has 4 N–H and O–H groups in total. The number of nitrogens with one attached hydrogen (secondary N) is 2. The lowest BCUT2D eigenvalue weighted by Gasteiger charge is -2.12. The largest absolute Gasteiger partial charge is 0.417 e. The number of carbonyl (C=O) groups is 2. The molecule has 1 aromatic carbocycles. The molecule has 11 nitrogen and oxygen atoms in total. The standard InChI is InChI=1S/C20H14F3N5O4S3.C3H7NO/c21-20(22,23)12-8-13(14-5-2-6-33-14)26-17-16(12)18(30)28-19(27-17)34-9-15(29)25-10-3-1-4-11(7-10)35(24,31)32;1-4(2)3-5/h1-8H,9H2,(H,25,29)(H2,24,31,32)(H,26,27,28,30);3H,1-2H3. The summed E-state index contributed by atoms with van der Waals surface area (Å²) in [7, 11) is -0.594. The Morgan fingerprint density at radius 1 is 1.20 bits per heavy atom. The third-order valence-electron chi connectivity index (χ3n) is 4.73. The average molecular weight is 615 g/mol. The number of aromatic nitrogens is 3. The van der Waals surface area contributed by atoms with Crippen molar-refractivity contribution < 1.29 is 31.2 Å². The van der Waals surface area contributed by atoms with Crippen molar-refractivity contribution >= 4 is 62.2 Å². The Kier molecular flexibility index (Phi) is 9.67. The van der Waals surface area contributed by atoms with Crippen LogP contribution >= 0.6 is 23.1 Å². The molecule has 2 amide bonds. The van der Waals surface area contributed by atoms with Gasteiger partial charge in [0.25, 0.3) is 5.56 Å². The van der Waals surface area contributed by atoms with Gasteiger partial charge >= 0.3 is 6.18 Å². The minimum Gasteiger partial charge on any atom is -0.351 e. The number of rotatable bonds is 7. The quantitative estimate of drug-likeness (QED) is 0.162. The van der Waals surface area contributed by atoms with Crippen molar-refractivity contribution in [2.75, 3.05) is 25.2 Å². The van der Waals surface area contributed by atoms with Crippen LogP contribution in [-0.4, -0.2) is 60.4 Å². The molecule has 0 bridgehead atoms. The van der Waals surface area contributed by atoms with Crippen molar-refractivity contribution in [1.82, 2.24) is 19.9 Å². The van der Waals surface area contributed by atoms with Gasteiger partial charge in [0.15, 0.2) is 10.8 Å². The highest BCUT2D eigenvalue weighted by atomic mass is 32.2. The van der Waals surface area contributed by atoms with Crippen LogP contribution in [0.4, 0.5) is 18.9 Å². The molecule has 0 atom stereocenters. The van der Waals surface area contributed by atoms with Crippen LogP contribution in [0.1, 0.15) is 5.56 Å². The maximum Gasteiger partial charge on any atom is 0.417 e. The van der Waals surface area contributed by atoms with E-state index in [0.29, 0.717) is 4.88 Å². The normalized spacial score (nSPS) is 11.4. The average Bonchev–Trinajstić information content (AvgIpc) is 3.41. The summed E-state index contributed by atoms with van der Waals surface area (Å²) in [6.45, 7) is 0. The molecule has 0 spiro atoms. The first-order valence-electron chi connectivity index (χ1n) is 10.9. The van der Waals surface area contributed by atoms with Crippen LogP contribution < -0.4 is 16.0 Å². The van der Waals surface area contributed by atoms with Crippen LogP contribution in [0.2, 0.25) is 0 Å². The van der Waals surface area contributed by atoms with Gasteiger partial charge in [-0.1, -0.05) is 23.9 Å². The number of hydrogen-bond acceptors (Lipinski definition) is 9. The zero-order valence-corrected chi connectivity index (χ0v) is 23.2. The molecule has 3 aromatic heterocycles. The third kappa shape index (κ3) is 8.10. The zero-order valence-electron chi connectivity index (χ0n) is 20.7. The second kappa shape index (κ2) is 12.6. The Balaban J connectivity index is 0.000000810. The summed E-state index contributed by atoms with van der Waals surface area (Å²) in [5.41, 5.74) is -2.43. The van der Waals surface area contributed by atoms with Crippen LogP contribution in [-0.2, 0) is 25.8 Å². The number of sulfonamides is 1. The highest BCUT2D eigenvalue weighted by molar-refractivity contribution is 7.99. The Hall–Kier alpha value is -3.80. The molecule has 0 aliphatic rings. The van der Waals surface area contributed by atoms with Gasteiger partial charge < -0.3 is 15.2 Å². The number of alkyl halides is 3. The molecule has 0 aliphatic heterocycles. The van der Waals surface area contributed by atoms with E-state index >= 15 is 0 Å². The predicted octanol–water partition coefficient (Wildman–Crippen LogP) is 3.15. The summed E-state index contributed by atoms with van der Waals surface area (Å²) < 4.78 is 63.9. The number of primary sulfonamides is 1. The summed E-state index contributed by atoms with van der Waals surface area (Å²) in [5, 5.41) is 8.40. The number of nitrogens with two attached hydrogens (primary N) is 1. The summed E-state index contributed by atoms with van der Waals surface area (Å²) in [5.74, 6) is -0.870. The number of halogens is 3. The van der Waals surface area contributed by atoms with Crippen molar-refractivity contribution in [1.29, 1.82) is 0 Å². The number of thioether (sulfide) groups is 1. The number of carbonyl (C=O) groups excluding carboxylic acids is 2. The van der Waals surface area contributed by atoms with E-state index < -0.39 is 44.3 Å². The Morgan fingerprint density at radius 3 is 2.48 bits per heavy atom. The van der Waals surface area contributed by atoms with Gasteiger partial charge in [0.2, 0.25) is 22.3 Å². The number of pyridine rings is 1. The van der Waals surface area contributed by atoms with Gasteiger partial charge in [-0.15, -0.1) is 11.3 Å². The van der Waals surface area contributed by atoms with Crippen LogP contribution in [0.25, 0.3) is 21.6 Å². The molecule has 17 heteroatoms. The first-order valence-corrected chi connectivity index (χ1v) is 14.3. The first kappa shape index (κ1) is 30.7. The minimum absolute atomic E-state index is 0.0151. The number of fused-ring (bicyclic) bond motifs is 1. The minimum atomic E-state index is -4.82. The van der Waals surface area contributed by atoms with Crippen molar-refractivity contribution in [3.63, 3.8) is 0 Å². The molecule has 0 aliphatic carbocycles. The van der Waals surface area contributed by atoms with E-state index in [1.807, 2.05) is 0 Å². The molecule has 40 heavy (non-hydrogen) atoms. The van der Waals surface area contributed by atoms with E-state index in [1.54, 1.807) is 31.6 Å². The highest BCUT2D eigenvalue weighted by Crippen LogP contribution is 2.36. The van der Waals surface area contributed by atoms with Crippen LogP contribution in [0, 0.1) is 0 Å². The molecular formula is C23H21F3N6O5S3. The van der Waals surface area contributed by atoms with Crippen molar-refractivity contribution in [2.45, 2.75) is 16.2 Å². The number of thiophene rings is 1. The van der Waals surface area contributed by atoms with E-state index in [1.165, 1.54) is 40.5 Å². The lowest BCUT2D eigenvalue weighted by Crippen LogP contribution is -2.19. The number of amides is 2. The van der Waals surface area contributed by atoms with E-state index in [2.05, 4.69) is 20.3 Å². The molecule has 4 rings (SSSR count). The Morgan fingerprint density at radius 2 is 1.90 bits per heavy atom. The molecule has 212 valence electrons. The molecule has 0 saturated heterocycles. The zero-order chi connectivity index (χ0) is 29.7. The number of hydrogen-bond donors (Lipinski definition) is 3. The van der Waals surface area contributed by atoms with Crippen LogP contribution in [0.5, 0.6) is 0 Å². The van der Waals surface area contributed by atoms with Crippen molar-refractivity contribution in [3.8, 4) is 10.6 Å². The molecule has 0 saturated carbocycles. The highest BCUT2D eigenvalue weighted by Gasteiger charge is 2.35. The lowest BCUT2D eigenvalue weighted by molar-refractivity contribution is -0.136. The smallest absolute Gasteiger partial charge is 0.351 e. The third-order valence-corrected chi connectivity index (χ3v) is 7.41. The van der Waals surface area contributed by atoms with Crippen LogP contribution in [0.15, 0.2) is 62.7 Å². The molecule has 0 unspecified atom stereocenters. The molecular weight excluding hydrogens is 593 g/mol. The SMILES string of the molecule is CN(C)C=O.NS(=O)(=O)c1cccc(NC(=O)CSc2nc3nc(-c4cccs4)cc(C(F)(F)F)c3c(=O)[nH]2)c1. The van der Waals surface area contributed by atoms with E-state index in [9.17, 15) is 36.0 Å². The van der Waals surface area contributed by atoms with Gasteiger partial charge in [-0.05, 0) is 35.7 Å². The number of H-pyrrole nitrogens is 1. The van der Waals surface area contributed by atoms with E-state index in [4.69, 9.17) is 5.14 Å². The number of nitrogens with zero attached hydrogens (tertiary/aromatic N) is 3. The number of aromatic amines is 1. The lowest BCUT2D eigenvalue weighted by atomic mass is 10.1. The second-order valence-corrected chi connectivity index (χ2v) is 11.6. The van der Waals surface area contributed by atoms with Gasteiger partial charge in [0, 0.05) is 19.8 Å². The summed E-state index contributed by atoms with van der Waals surface area (Å²) in [4.78, 5) is 46.4. The molecule has 4 aromatic rings. The number of benzene rings is 1. The van der Waals surface area contributed by atoms with Crippen molar-refractivity contribution in [2.24, 2.45) is 5.14 Å². The first-order chi connectivity index (χ1) is 18.7. The monoisotopic (exact) mass is 614 g/mol. The number of anilines is 1. The van der Waals surface area contributed by atoms with Gasteiger partial charge in [0.1, 0.15) is 0 Å². The molecule has 0 radical (unpaired) electrons. The van der Waals surface area contributed by atoms with Crippen molar-refractivity contribution in [3.05, 3.63) is 63.8 Å². The van der Waals surface area contributed by atoms with Gasteiger partial charge in [-0.3, -0.25) is 14.4 Å². The topological polar surface area (TPSA) is 168 Å².